The maximum absolute atomic E-state index is 12.6. The molecular formula is C17H16ClF3N6O2. The molecule has 154 valence electrons. The lowest BCUT2D eigenvalue weighted by molar-refractivity contribution is -0.137. The highest BCUT2D eigenvalue weighted by Crippen LogP contribution is 2.32. The number of nitrogens with one attached hydrogen (secondary N) is 3. The molecule has 2 heterocycles. The Morgan fingerprint density at radius 2 is 1.97 bits per heavy atom. The van der Waals surface area contributed by atoms with Crippen LogP contribution in [0.4, 0.5) is 24.9 Å². The molecule has 3 rings (SSSR count). The van der Waals surface area contributed by atoms with Crippen molar-refractivity contribution in [3.8, 4) is 0 Å². The third-order valence-corrected chi connectivity index (χ3v) is 4.23. The molecule has 1 aliphatic carbocycles. The minimum absolute atomic E-state index is 0.0206. The van der Waals surface area contributed by atoms with Crippen molar-refractivity contribution in [1.29, 1.82) is 0 Å². The standard InChI is InChI=1S/C17H16ClF3N6O2/c18-11-7-10(17(19,20)21)8-25-13(11)22-5-6-23-15(29)12-3-4-24-16(26-12)27-14(28)9-1-2-9/h3-4,7-9H,1-2,5-6H2,(H,22,25)(H,23,29)(H,24,26,27,28). The van der Waals surface area contributed by atoms with Crippen LogP contribution in [0.3, 0.4) is 0 Å². The van der Waals surface area contributed by atoms with E-state index in [9.17, 15) is 22.8 Å². The predicted molar refractivity (Wildman–Crippen MR) is 98.5 cm³/mol. The molecule has 1 aliphatic rings. The molecule has 1 saturated carbocycles. The second-order valence-electron chi connectivity index (χ2n) is 6.26. The van der Waals surface area contributed by atoms with E-state index in [0.717, 1.165) is 18.9 Å². The first kappa shape index (κ1) is 20.8. The number of carbonyl (C=O) groups is 2. The highest BCUT2D eigenvalue weighted by Gasteiger charge is 2.31. The predicted octanol–water partition coefficient (Wildman–Crippen LogP) is 2.73. The Hall–Kier alpha value is -2.95. The molecule has 0 aliphatic heterocycles. The van der Waals surface area contributed by atoms with Crippen LogP contribution in [0, 0.1) is 5.92 Å². The third kappa shape index (κ3) is 5.76. The van der Waals surface area contributed by atoms with Crippen LogP contribution in [0.15, 0.2) is 24.5 Å². The summed E-state index contributed by atoms with van der Waals surface area (Å²) in [6.45, 7) is 0.297. The van der Waals surface area contributed by atoms with E-state index in [2.05, 4.69) is 30.9 Å². The van der Waals surface area contributed by atoms with Crippen molar-refractivity contribution in [3.05, 3.63) is 40.8 Å². The van der Waals surface area contributed by atoms with Gasteiger partial charge < -0.3 is 10.6 Å². The van der Waals surface area contributed by atoms with Crippen LogP contribution in [0.2, 0.25) is 5.02 Å². The molecule has 2 amide bonds. The van der Waals surface area contributed by atoms with Crippen molar-refractivity contribution >= 4 is 35.2 Å². The second-order valence-corrected chi connectivity index (χ2v) is 6.67. The number of nitrogens with zero attached hydrogens (tertiary/aromatic N) is 3. The summed E-state index contributed by atoms with van der Waals surface area (Å²) in [6, 6.07) is 2.16. The van der Waals surface area contributed by atoms with Crippen molar-refractivity contribution in [2.24, 2.45) is 5.92 Å². The van der Waals surface area contributed by atoms with Gasteiger partial charge >= 0.3 is 6.18 Å². The van der Waals surface area contributed by atoms with Crippen molar-refractivity contribution in [1.82, 2.24) is 20.3 Å². The fraction of sp³-hybridized carbons (Fsp3) is 0.353. The molecule has 8 nitrogen and oxygen atoms in total. The van der Waals surface area contributed by atoms with Crippen LogP contribution in [-0.2, 0) is 11.0 Å². The zero-order valence-corrected chi connectivity index (χ0v) is 15.6. The molecule has 2 aromatic rings. The zero-order chi connectivity index (χ0) is 21.0. The number of halogens is 4. The van der Waals surface area contributed by atoms with E-state index in [1.165, 1.54) is 12.3 Å². The maximum Gasteiger partial charge on any atom is 0.417 e. The smallest absolute Gasteiger partial charge is 0.367 e. The molecule has 2 aromatic heterocycles. The SMILES string of the molecule is O=C(NCCNc1ncc(C(F)(F)F)cc1Cl)c1ccnc(NC(=O)C2CC2)n1. The summed E-state index contributed by atoms with van der Waals surface area (Å²) in [4.78, 5) is 35.4. The van der Waals surface area contributed by atoms with Crippen LogP contribution in [0.1, 0.15) is 28.9 Å². The second kappa shape index (κ2) is 8.60. The van der Waals surface area contributed by atoms with E-state index < -0.39 is 17.6 Å². The van der Waals surface area contributed by atoms with E-state index in [0.29, 0.717) is 6.20 Å². The van der Waals surface area contributed by atoms with Crippen LogP contribution in [0.25, 0.3) is 0 Å². The summed E-state index contributed by atoms with van der Waals surface area (Å²) in [6.07, 6.45) is -0.842. The molecule has 1 fully saturated rings. The number of amides is 2. The van der Waals surface area contributed by atoms with Crippen LogP contribution >= 0.6 is 11.6 Å². The van der Waals surface area contributed by atoms with Gasteiger partial charge in [0.25, 0.3) is 5.91 Å². The molecule has 12 heteroatoms. The number of hydrogen-bond acceptors (Lipinski definition) is 6. The van der Waals surface area contributed by atoms with Crippen molar-refractivity contribution in [2.45, 2.75) is 19.0 Å². The van der Waals surface area contributed by atoms with Gasteiger partial charge in [-0.25, -0.2) is 15.0 Å². The minimum Gasteiger partial charge on any atom is -0.367 e. The first-order chi connectivity index (χ1) is 13.7. The minimum atomic E-state index is -4.53. The lowest BCUT2D eigenvalue weighted by Gasteiger charge is -2.11. The van der Waals surface area contributed by atoms with Gasteiger partial charge in [-0.05, 0) is 25.0 Å². The summed E-state index contributed by atoms with van der Waals surface area (Å²) in [5.74, 6) is -0.572. The third-order valence-electron chi connectivity index (χ3n) is 3.94. The van der Waals surface area contributed by atoms with E-state index in [1.54, 1.807) is 0 Å². The fourth-order valence-corrected chi connectivity index (χ4v) is 2.51. The van der Waals surface area contributed by atoms with Crippen molar-refractivity contribution in [3.63, 3.8) is 0 Å². The number of anilines is 2. The van der Waals surface area contributed by atoms with Gasteiger partial charge in [-0.2, -0.15) is 13.2 Å². The zero-order valence-electron chi connectivity index (χ0n) is 14.9. The molecule has 29 heavy (non-hydrogen) atoms. The number of rotatable bonds is 7. The molecular weight excluding hydrogens is 413 g/mol. The summed E-state index contributed by atoms with van der Waals surface area (Å²) in [5.41, 5.74) is -0.883. The Morgan fingerprint density at radius 3 is 2.62 bits per heavy atom. The molecule has 0 unspecified atom stereocenters. The average molecular weight is 429 g/mol. The number of carbonyl (C=O) groups excluding carboxylic acids is 2. The Bertz CT molecular complexity index is 920. The number of alkyl halides is 3. The summed E-state index contributed by atoms with van der Waals surface area (Å²) >= 11 is 5.79. The fourth-order valence-electron chi connectivity index (χ4n) is 2.27. The van der Waals surface area contributed by atoms with Gasteiger partial charge in [0.05, 0.1) is 10.6 Å². The van der Waals surface area contributed by atoms with Gasteiger partial charge in [-0.1, -0.05) is 11.6 Å². The average Bonchev–Trinajstić information content (AvgIpc) is 3.51. The van der Waals surface area contributed by atoms with Gasteiger partial charge in [-0.3, -0.25) is 14.9 Å². The van der Waals surface area contributed by atoms with E-state index >= 15 is 0 Å². The molecule has 3 N–H and O–H groups in total. The Balaban J connectivity index is 1.48. The molecule has 0 radical (unpaired) electrons. The first-order valence-electron chi connectivity index (χ1n) is 8.63. The van der Waals surface area contributed by atoms with Crippen molar-refractivity contribution < 1.29 is 22.8 Å². The Morgan fingerprint density at radius 1 is 1.21 bits per heavy atom. The monoisotopic (exact) mass is 428 g/mol. The lowest BCUT2D eigenvalue weighted by atomic mass is 10.3. The lowest BCUT2D eigenvalue weighted by Crippen LogP contribution is -2.30. The Kier molecular flexibility index (Phi) is 6.16. The van der Waals surface area contributed by atoms with Gasteiger partial charge in [0, 0.05) is 31.4 Å². The summed E-state index contributed by atoms with van der Waals surface area (Å²) < 4.78 is 37.8. The van der Waals surface area contributed by atoms with Crippen LogP contribution < -0.4 is 16.0 Å². The highest BCUT2D eigenvalue weighted by molar-refractivity contribution is 6.32. The molecule has 0 aromatic carbocycles. The first-order valence-corrected chi connectivity index (χ1v) is 9.00. The Labute approximate surface area is 168 Å². The van der Waals surface area contributed by atoms with Crippen molar-refractivity contribution in [2.75, 3.05) is 23.7 Å². The number of hydrogen-bond donors (Lipinski definition) is 3. The van der Waals surface area contributed by atoms with Gasteiger partial charge in [0.2, 0.25) is 11.9 Å². The molecule has 0 saturated heterocycles. The number of pyridine rings is 1. The molecule has 0 bridgehead atoms. The van der Waals surface area contributed by atoms with E-state index in [4.69, 9.17) is 11.6 Å². The molecule has 0 atom stereocenters. The van der Waals surface area contributed by atoms with E-state index in [-0.39, 0.29) is 47.4 Å². The maximum atomic E-state index is 12.6. The van der Waals surface area contributed by atoms with Gasteiger partial charge in [0.15, 0.2) is 0 Å². The van der Waals surface area contributed by atoms with Gasteiger partial charge in [0.1, 0.15) is 11.5 Å². The van der Waals surface area contributed by atoms with Crippen LogP contribution in [0.5, 0.6) is 0 Å². The van der Waals surface area contributed by atoms with E-state index in [1.807, 2.05) is 0 Å². The highest BCUT2D eigenvalue weighted by atomic mass is 35.5. The van der Waals surface area contributed by atoms with Crippen LogP contribution in [-0.4, -0.2) is 39.9 Å². The quantitative estimate of drug-likeness (QED) is 0.585. The summed E-state index contributed by atoms with van der Waals surface area (Å²) in [5, 5.41) is 7.70. The largest absolute Gasteiger partial charge is 0.417 e. The normalized spacial score (nSPS) is 13.7. The summed E-state index contributed by atoms with van der Waals surface area (Å²) in [7, 11) is 0. The topological polar surface area (TPSA) is 109 Å². The number of aromatic nitrogens is 3. The molecule has 0 spiro atoms. The van der Waals surface area contributed by atoms with Gasteiger partial charge in [-0.15, -0.1) is 0 Å².